The molecule has 2 amide bonds. The van der Waals surface area contributed by atoms with Gasteiger partial charge in [0, 0.05) is 23.5 Å². The van der Waals surface area contributed by atoms with Crippen LogP contribution in [0.3, 0.4) is 0 Å². The summed E-state index contributed by atoms with van der Waals surface area (Å²) in [5, 5.41) is 4.54. The predicted molar refractivity (Wildman–Crippen MR) is 154 cm³/mol. The van der Waals surface area contributed by atoms with Gasteiger partial charge in [-0.15, -0.1) is 11.3 Å². The van der Waals surface area contributed by atoms with E-state index >= 15 is 0 Å². The molecule has 0 saturated carbocycles. The number of thiocarbonyl (C=S) groups is 1. The van der Waals surface area contributed by atoms with Crippen LogP contribution in [0.5, 0.6) is 0 Å². The van der Waals surface area contributed by atoms with Crippen LogP contribution in [-0.2, 0) is 14.3 Å². The number of rotatable bonds is 7. The van der Waals surface area contributed by atoms with Crippen molar-refractivity contribution in [3.8, 4) is 11.1 Å². The van der Waals surface area contributed by atoms with Crippen LogP contribution in [0.15, 0.2) is 58.8 Å². The van der Waals surface area contributed by atoms with Gasteiger partial charge in [0.2, 0.25) is 5.91 Å². The summed E-state index contributed by atoms with van der Waals surface area (Å²) < 4.78 is 32.5. The maximum absolute atomic E-state index is 13.6. The summed E-state index contributed by atoms with van der Waals surface area (Å²) in [5.41, 5.74) is 1.50. The lowest BCUT2D eigenvalue weighted by atomic mass is 10.1. The molecule has 0 spiro atoms. The number of benzene rings is 2. The van der Waals surface area contributed by atoms with E-state index in [1.165, 1.54) is 22.3 Å². The number of carbonyl (C=O) groups excluding carboxylic acids is 3. The molecule has 0 bridgehead atoms. The van der Waals surface area contributed by atoms with Gasteiger partial charge in [0.15, 0.2) is 11.6 Å². The van der Waals surface area contributed by atoms with E-state index in [2.05, 4.69) is 5.32 Å². The molecule has 2 heterocycles. The smallest absolute Gasteiger partial charge is 0.338 e. The average Bonchev–Trinajstić information content (AvgIpc) is 3.43. The van der Waals surface area contributed by atoms with Gasteiger partial charge in [0.25, 0.3) is 5.91 Å². The Balaban J connectivity index is 1.33. The van der Waals surface area contributed by atoms with Gasteiger partial charge in [0.1, 0.15) is 9.92 Å². The number of carbonyl (C=O) groups is 3. The first kappa shape index (κ1) is 28.6. The van der Waals surface area contributed by atoms with E-state index in [-0.39, 0.29) is 24.8 Å². The minimum absolute atomic E-state index is 0.0207. The highest BCUT2D eigenvalue weighted by atomic mass is 32.2. The normalized spacial score (nSPS) is 14.7. The van der Waals surface area contributed by atoms with Crippen LogP contribution in [0.25, 0.3) is 17.2 Å². The summed E-state index contributed by atoms with van der Waals surface area (Å²) in [6.45, 7) is 5.45. The van der Waals surface area contributed by atoms with E-state index in [1.54, 1.807) is 62.6 Å². The number of anilines is 1. The first-order valence-corrected chi connectivity index (χ1v) is 13.9. The third-order valence-electron chi connectivity index (χ3n) is 5.39. The van der Waals surface area contributed by atoms with Crippen molar-refractivity contribution in [2.75, 3.05) is 11.9 Å². The average molecular weight is 587 g/mol. The zero-order chi connectivity index (χ0) is 28.3. The van der Waals surface area contributed by atoms with Crippen LogP contribution in [-0.4, -0.2) is 39.1 Å². The Hall–Kier alpha value is -3.41. The Morgan fingerprint density at radius 2 is 1.77 bits per heavy atom. The lowest BCUT2D eigenvalue weighted by molar-refractivity contribution is -0.122. The molecule has 1 aliphatic heterocycles. The second kappa shape index (κ2) is 11.8. The second-order valence-electron chi connectivity index (χ2n) is 9.58. The molecule has 0 radical (unpaired) electrons. The summed E-state index contributed by atoms with van der Waals surface area (Å²) in [7, 11) is 0. The van der Waals surface area contributed by atoms with Gasteiger partial charge in [-0.05, 0) is 85.8 Å². The molecule has 1 aromatic heterocycles. The van der Waals surface area contributed by atoms with E-state index in [4.69, 9.17) is 17.0 Å². The summed E-state index contributed by atoms with van der Waals surface area (Å²) in [5.74, 6) is -2.91. The van der Waals surface area contributed by atoms with Crippen molar-refractivity contribution in [3.05, 3.63) is 80.9 Å². The molecule has 202 valence electrons. The number of hydrogen-bond acceptors (Lipinski definition) is 7. The fraction of sp³-hybridized carbons (Fsp3) is 0.214. The monoisotopic (exact) mass is 586 g/mol. The van der Waals surface area contributed by atoms with Crippen molar-refractivity contribution in [1.82, 2.24) is 4.90 Å². The maximum atomic E-state index is 13.6. The van der Waals surface area contributed by atoms with Crippen molar-refractivity contribution >= 4 is 69.2 Å². The number of ether oxygens (including phenoxy) is 1. The lowest BCUT2D eigenvalue weighted by Gasteiger charge is -2.19. The van der Waals surface area contributed by atoms with Gasteiger partial charge in [0.05, 0.1) is 10.5 Å². The quantitative estimate of drug-likeness (QED) is 0.185. The molecule has 1 N–H and O–H groups in total. The highest BCUT2D eigenvalue weighted by Crippen LogP contribution is 2.35. The highest BCUT2D eigenvalue weighted by Gasteiger charge is 2.32. The minimum atomic E-state index is -0.928. The Bertz CT molecular complexity index is 1480. The summed E-state index contributed by atoms with van der Waals surface area (Å²) in [6, 6.07) is 11.8. The van der Waals surface area contributed by atoms with Crippen LogP contribution in [0, 0.1) is 11.6 Å². The molecule has 0 atom stereocenters. The van der Waals surface area contributed by atoms with E-state index in [9.17, 15) is 23.2 Å². The molecule has 39 heavy (non-hydrogen) atoms. The molecule has 1 fully saturated rings. The standard InChI is InChI=1S/C28H24F2N2O4S3/c1-28(2,3)36-26(35)16-4-7-19(8-5-16)31-24(33)10-11-32-25(34)23(39-27(32)37)14-20-12-18(15-38-20)17-6-9-21(29)22(30)13-17/h4-9,12-15H,10-11H2,1-3H3,(H,31,33)/b23-14-. The molecule has 1 aliphatic rings. The van der Waals surface area contributed by atoms with Crippen LogP contribution < -0.4 is 5.32 Å². The van der Waals surface area contributed by atoms with Gasteiger partial charge in [-0.2, -0.15) is 0 Å². The summed E-state index contributed by atoms with van der Waals surface area (Å²) in [4.78, 5) is 40.1. The Kier molecular flexibility index (Phi) is 8.63. The SMILES string of the molecule is CC(C)(C)OC(=O)c1ccc(NC(=O)CCN2C(=O)/C(=C/c3cc(-c4ccc(F)c(F)c4)cs3)SC2=S)cc1. The van der Waals surface area contributed by atoms with Gasteiger partial charge in [-0.3, -0.25) is 14.5 Å². The Labute approximate surface area is 238 Å². The number of nitrogens with zero attached hydrogens (tertiary/aromatic N) is 1. The number of thiophene rings is 1. The molecule has 3 aromatic rings. The van der Waals surface area contributed by atoms with Crippen LogP contribution >= 0.6 is 35.3 Å². The van der Waals surface area contributed by atoms with Crippen LogP contribution in [0.4, 0.5) is 14.5 Å². The molecule has 4 rings (SSSR count). The summed E-state index contributed by atoms with van der Waals surface area (Å²) >= 11 is 7.85. The van der Waals surface area contributed by atoms with Crippen molar-refractivity contribution < 1.29 is 27.9 Å². The fourth-order valence-electron chi connectivity index (χ4n) is 3.54. The topological polar surface area (TPSA) is 75.7 Å². The van der Waals surface area contributed by atoms with Crippen LogP contribution in [0.1, 0.15) is 42.4 Å². The Morgan fingerprint density at radius 1 is 1.05 bits per heavy atom. The third-order valence-corrected chi connectivity index (χ3v) is 7.64. The number of amides is 2. The molecule has 0 unspecified atom stereocenters. The third kappa shape index (κ3) is 7.37. The van der Waals surface area contributed by atoms with Crippen molar-refractivity contribution in [3.63, 3.8) is 0 Å². The number of thioether (sulfide) groups is 1. The molecule has 6 nitrogen and oxygen atoms in total. The van der Waals surface area contributed by atoms with Crippen molar-refractivity contribution in [2.24, 2.45) is 0 Å². The maximum Gasteiger partial charge on any atom is 0.338 e. The van der Waals surface area contributed by atoms with E-state index in [1.807, 2.05) is 0 Å². The first-order valence-electron chi connectivity index (χ1n) is 11.8. The second-order valence-corrected chi connectivity index (χ2v) is 12.2. The zero-order valence-corrected chi connectivity index (χ0v) is 23.7. The summed E-state index contributed by atoms with van der Waals surface area (Å²) in [6.07, 6.45) is 1.71. The number of esters is 1. The zero-order valence-electron chi connectivity index (χ0n) is 21.2. The van der Waals surface area contributed by atoms with E-state index in [0.717, 1.165) is 28.8 Å². The van der Waals surface area contributed by atoms with Crippen LogP contribution in [0.2, 0.25) is 0 Å². The molecule has 11 heteroatoms. The number of halogens is 2. The first-order chi connectivity index (χ1) is 18.4. The Morgan fingerprint density at radius 3 is 2.44 bits per heavy atom. The highest BCUT2D eigenvalue weighted by molar-refractivity contribution is 8.26. The lowest BCUT2D eigenvalue weighted by Crippen LogP contribution is -2.31. The van der Waals surface area contributed by atoms with Crippen molar-refractivity contribution in [1.29, 1.82) is 0 Å². The minimum Gasteiger partial charge on any atom is -0.456 e. The van der Waals surface area contributed by atoms with Gasteiger partial charge >= 0.3 is 5.97 Å². The van der Waals surface area contributed by atoms with Gasteiger partial charge in [-0.1, -0.05) is 30.0 Å². The fourth-order valence-corrected chi connectivity index (χ4v) is 5.76. The predicted octanol–water partition coefficient (Wildman–Crippen LogP) is 6.88. The molecular weight excluding hydrogens is 563 g/mol. The molecule has 0 aliphatic carbocycles. The van der Waals surface area contributed by atoms with E-state index in [0.29, 0.717) is 31.6 Å². The largest absolute Gasteiger partial charge is 0.456 e. The van der Waals surface area contributed by atoms with Crippen molar-refractivity contribution in [2.45, 2.75) is 32.8 Å². The van der Waals surface area contributed by atoms with Gasteiger partial charge in [-0.25, -0.2) is 13.6 Å². The molecule has 2 aromatic carbocycles. The number of hydrogen-bond donors (Lipinski definition) is 1. The van der Waals surface area contributed by atoms with Gasteiger partial charge < -0.3 is 10.1 Å². The molecular formula is C28H24F2N2O4S3. The number of nitrogens with one attached hydrogen (secondary N) is 1. The molecule has 1 saturated heterocycles. The van der Waals surface area contributed by atoms with E-state index < -0.39 is 23.2 Å².